The fourth-order valence-corrected chi connectivity index (χ4v) is 2.32. The highest BCUT2D eigenvalue weighted by Gasteiger charge is 2.36. The van der Waals surface area contributed by atoms with Crippen LogP contribution >= 0.6 is 0 Å². The van der Waals surface area contributed by atoms with Gasteiger partial charge in [-0.1, -0.05) is 0 Å². The number of hydrogen-bond acceptors (Lipinski definition) is 6. The lowest BCUT2D eigenvalue weighted by atomic mass is 10.2. The first-order valence-corrected chi connectivity index (χ1v) is 7.51. The maximum Gasteiger partial charge on any atom is 0.408 e. The summed E-state index contributed by atoms with van der Waals surface area (Å²) in [7, 11) is 0. The number of alkyl halides is 3. The second-order valence-corrected chi connectivity index (χ2v) is 5.61. The molecule has 1 unspecified atom stereocenters. The standard InChI is InChI=1S/C16H11F3N6O2/c1-8(16(17,18)19)24-12-3-13(21-7-11(12)15(26)27)25-14-10(6-23-25)2-9(4-20)5-22-14/h2-3,5-8H,1H3,(H,21,24)(H,26,27). The summed E-state index contributed by atoms with van der Waals surface area (Å²) in [4.78, 5) is 19.4. The van der Waals surface area contributed by atoms with E-state index in [0.717, 1.165) is 19.2 Å². The zero-order chi connectivity index (χ0) is 19.8. The molecule has 0 saturated heterocycles. The number of nitrogens with zero attached hydrogens (tertiary/aromatic N) is 5. The minimum atomic E-state index is -4.56. The minimum absolute atomic E-state index is 0.0732. The van der Waals surface area contributed by atoms with Gasteiger partial charge in [0.05, 0.1) is 17.4 Å². The smallest absolute Gasteiger partial charge is 0.408 e. The lowest BCUT2D eigenvalue weighted by molar-refractivity contribution is -0.138. The van der Waals surface area contributed by atoms with Crippen molar-refractivity contribution in [2.45, 2.75) is 19.1 Å². The van der Waals surface area contributed by atoms with Gasteiger partial charge in [-0.05, 0) is 13.0 Å². The molecule has 3 aromatic rings. The SMILES string of the molecule is CC(Nc1cc(-n2ncc3cc(C#N)cnc32)ncc1C(=O)O)C(F)(F)F. The van der Waals surface area contributed by atoms with Gasteiger partial charge in [0.15, 0.2) is 11.5 Å². The number of carboxylic acid groups (broad SMARTS) is 1. The number of nitrogens with one attached hydrogen (secondary N) is 1. The first-order chi connectivity index (χ1) is 12.7. The van der Waals surface area contributed by atoms with E-state index in [-0.39, 0.29) is 11.5 Å². The first kappa shape index (κ1) is 18.1. The van der Waals surface area contributed by atoms with Crippen LogP contribution in [0, 0.1) is 11.3 Å². The predicted molar refractivity (Wildman–Crippen MR) is 87.5 cm³/mol. The average molecular weight is 376 g/mol. The van der Waals surface area contributed by atoms with Gasteiger partial charge in [-0.3, -0.25) is 0 Å². The maximum absolute atomic E-state index is 12.8. The fourth-order valence-electron chi connectivity index (χ4n) is 2.32. The van der Waals surface area contributed by atoms with Crippen LogP contribution < -0.4 is 5.32 Å². The lowest BCUT2D eigenvalue weighted by Crippen LogP contribution is -2.33. The maximum atomic E-state index is 12.8. The molecule has 0 aromatic carbocycles. The van der Waals surface area contributed by atoms with Crippen LogP contribution in [0.1, 0.15) is 22.8 Å². The molecule has 0 spiro atoms. The molecule has 0 radical (unpaired) electrons. The molecule has 1 atom stereocenters. The van der Waals surface area contributed by atoms with Gasteiger partial charge in [0.25, 0.3) is 0 Å². The number of fused-ring (bicyclic) bond motifs is 1. The van der Waals surface area contributed by atoms with Crippen molar-refractivity contribution >= 4 is 22.7 Å². The molecule has 0 amide bonds. The van der Waals surface area contributed by atoms with Crippen LogP contribution in [-0.4, -0.2) is 43.0 Å². The van der Waals surface area contributed by atoms with Gasteiger partial charge in [0, 0.05) is 23.8 Å². The molecular weight excluding hydrogens is 365 g/mol. The van der Waals surface area contributed by atoms with Gasteiger partial charge < -0.3 is 10.4 Å². The fraction of sp³-hybridized carbons (Fsp3) is 0.188. The van der Waals surface area contributed by atoms with E-state index in [1.807, 2.05) is 6.07 Å². The van der Waals surface area contributed by atoms with E-state index in [1.54, 1.807) is 6.07 Å². The number of nitriles is 1. The molecule has 27 heavy (non-hydrogen) atoms. The van der Waals surface area contributed by atoms with Gasteiger partial charge >= 0.3 is 12.1 Å². The van der Waals surface area contributed by atoms with Crippen molar-refractivity contribution in [3.8, 4) is 11.9 Å². The molecule has 3 heterocycles. The molecule has 0 saturated carbocycles. The number of rotatable bonds is 4. The third-order valence-electron chi connectivity index (χ3n) is 3.74. The summed E-state index contributed by atoms with van der Waals surface area (Å²) in [6.07, 6.45) is -0.883. The van der Waals surface area contributed by atoms with Gasteiger partial charge in [-0.2, -0.15) is 28.2 Å². The van der Waals surface area contributed by atoms with Crippen LogP contribution in [0.15, 0.2) is 30.7 Å². The van der Waals surface area contributed by atoms with Gasteiger partial charge in [0.2, 0.25) is 0 Å². The monoisotopic (exact) mass is 376 g/mol. The Kier molecular flexibility index (Phi) is 4.40. The largest absolute Gasteiger partial charge is 0.478 e. The Morgan fingerprint density at radius 1 is 1.30 bits per heavy atom. The third-order valence-corrected chi connectivity index (χ3v) is 3.74. The summed E-state index contributed by atoms with van der Waals surface area (Å²) < 4.78 is 39.8. The van der Waals surface area contributed by atoms with Crippen molar-refractivity contribution in [1.82, 2.24) is 19.7 Å². The summed E-state index contributed by atoms with van der Waals surface area (Å²) in [6.45, 7) is 0.875. The molecular formula is C16H11F3N6O2. The second kappa shape index (κ2) is 6.56. The van der Waals surface area contributed by atoms with Gasteiger partial charge in [-0.25, -0.2) is 14.8 Å². The van der Waals surface area contributed by atoms with Crippen LogP contribution in [0.2, 0.25) is 0 Å². The van der Waals surface area contributed by atoms with E-state index in [1.165, 1.54) is 17.1 Å². The molecule has 3 aromatic heterocycles. The molecule has 3 rings (SSSR count). The highest BCUT2D eigenvalue weighted by Crippen LogP contribution is 2.27. The minimum Gasteiger partial charge on any atom is -0.478 e. The highest BCUT2D eigenvalue weighted by atomic mass is 19.4. The number of pyridine rings is 2. The van der Waals surface area contributed by atoms with Crippen molar-refractivity contribution in [1.29, 1.82) is 5.26 Å². The van der Waals surface area contributed by atoms with Crippen molar-refractivity contribution in [2.24, 2.45) is 0 Å². The van der Waals surface area contributed by atoms with Gasteiger partial charge in [0.1, 0.15) is 17.7 Å². The number of aromatic carboxylic acids is 1. The summed E-state index contributed by atoms with van der Waals surface area (Å²) >= 11 is 0. The van der Waals surface area contributed by atoms with E-state index in [4.69, 9.17) is 5.26 Å². The molecule has 0 fully saturated rings. The van der Waals surface area contributed by atoms with Crippen LogP contribution in [0.4, 0.5) is 18.9 Å². The Morgan fingerprint density at radius 3 is 2.67 bits per heavy atom. The number of aromatic nitrogens is 4. The molecule has 138 valence electrons. The van der Waals surface area contributed by atoms with Crippen molar-refractivity contribution < 1.29 is 23.1 Å². The lowest BCUT2D eigenvalue weighted by Gasteiger charge is -2.20. The van der Waals surface area contributed by atoms with E-state index in [2.05, 4.69) is 20.4 Å². The van der Waals surface area contributed by atoms with E-state index in [0.29, 0.717) is 16.6 Å². The number of halogens is 3. The molecule has 0 aliphatic carbocycles. The van der Waals surface area contributed by atoms with Crippen LogP contribution in [0.5, 0.6) is 0 Å². The highest BCUT2D eigenvalue weighted by molar-refractivity contribution is 5.94. The third kappa shape index (κ3) is 3.50. The molecule has 2 N–H and O–H groups in total. The summed E-state index contributed by atoms with van der Waals surface area (Å²) in [5.41, 5.74) is -0.0300. The van der Waals surface area contributed by atoms with Crippen LogP contribution in [-0.2, 0) is 0 Å². The Balaban J connectivity index is 2.08. The summed E-state index contributed by atoms with van der Waals surface area (Å²) in [6, 6.07) is 2.66. The van der Waals surface area contributed by atoms with E-state index < -0.39 is 23.8 Å². The molecule has 0 aliphatic heterocycles. The van der Waals surface area contributed by atoms with Crippen LogP contribution in [0.25, 0.3) is 16.9 Å². The first-order valence-electron chi connectivity index (χ1n) is 7.51. The normalized spacial score (nSPS) is 12.6. The quantitative estimate of drug-likeness (QED) is 0.719. The molecule has 0 aliphatic rings. The Bertz CT molecular complexity index is 1070. The van der Waals surface area contributed by atoms with E-state index in [9.17, 15) is 23.1 Å². The Labute approximate surface area is 149 Å². The molecule has 11 heteroatoms. The van der Waals surface area contributed by atoms with Crippen molar-refractivity contribution in [3.63, 3.8) is 0 Å². The number of carbonyl (C=O) groups is 1. The number of hydrogen-bond donors (Lipinski definition) is 2. The summed E-state index contributed by atoms with van der Waals surface area (Å²) in [5.74, 6) is -1.35. The van der Waals surface area contributed by atoms with Gasteiger partial charge in [-0.15, -0.1) is 0 Å². The predicted octanol–water partition coefficient (Wildman–Crippen LogP) is 2.75. The number of anilines is 1. The zero-order valence-corrected chi connectivity index (χ0v) is 13.7. The molecule has 8 nitrogen and oxygen atoms in total. The summed E-state index contributed by atoms with van der Waals surface area (Å²) in [5, 5.41) is 24.9. The average Bonchev–Trinajstić information content (AvgIpc) is 3.03. The van der Waals surface area contributed by atoms with Crippen molar-refractivity contribution in [3.05, 3.63) is 41.9 Å². The number of carboxylic acids is 1. The topological polar surface area (TPSA) is 117 Å². The van der Waals surface area contributed by atoms with Crippen LogP contribution in [0.3, 0.4) is 0 Å². The zero-order valence-electron chi connectivity index (χ0n) is 13.7. The Hall–Kier alpha value is -3.68. The molecule has 0 bridgehead atoms. The Morgan fingerprint density at radius 2 is 2.04 bits per heavy atom. The van der Waals surface area contributed by atoms with Crippen molar-refractivity contribution in [2.75, 3.05) is 5.32 Å². The van der Waals surface area contributed by atoms with E-state index >= 15 is 0 Å². The second-order valence-electron chi connectivity index (χ2n) is 5.61.